The van der Waals surface area contributed by atoms with Gasteiger partial charge in [-0.05, 0) is 43.4 Å². The molecule has 0 bridgehead atoms. The lowest BCUT2D eigenvalue weighted by Crippen LogP contribution is -2.27. The van der Waals surface area contributed by atoms with Gasteiger partial charge in [0.1, 0.15) is 0 Å². The molecular formula is C18H21NO. The van der Waals surface area contributed by atoms with Crippen LogP contribution in [0.25, 0.3) is 0 Å². The third kappa shape index (κ3) is 2.70. The number of fused-ring (bicyclic) bond motifs is 1. The van der Waals surface area contributed by atoms with Gasteiger partial charge in [-0.2, -0.15) is 0 Å². The van der Waals surface area contributed by atoms with Gasteiger partial charge in [-0.3, -0.25) is 0 Å². The fourth-order valence-corrected chi connectivity index (χ4v) is 3.03. The Morgan fingerprint density at radius 2 is 1.75 bits per heavy atom. The predicted octanol–water partition coefficient (Wildman–Crippen LogP) is 3.71. The average Bonchev–Trinajstić information content (AvgIpc) is 2.47. The molecule has 0 aromatic heterocycles. The number of aliphatic hydroxyl groups excluding tert-OH is 1. The third-order valence-corrected chi connectivity index (χ3v) is 4.12. The Hall–Kier alpha value is -1.80. The van der Waals surface area contributed by atoms with Crippen LogP contribution in [0.1, 0.15) is 36.1 Å². The fourth-order valence-electron chi connectivity index (χ4n) is 3.03. The lowest BCUT2D eigenvalue weighted by Gasteiger charge is -2.27. The Morgan fingerprint density at radius 1 is 1.05 bits per heavy atom. The first kappa shape index (κ1) is 13.2. The molecule has 0 radical (unpaired) electrons. The van der Waals surface area contributed by atoms with E-state index in [0.29, 0.717) is 6.04 Å². The van der Waals surface area contributed by atoms with E-state index in [9.17, 15) is 5.11 Å². The molecule has 2 heteroatoms. The van der Waals surface area contributed by atoms with E-state index >= 15 is 0 Å². The highest BCUT2D eigenvalue weighted by Crippen LogP contribution is 2.27. The molecule has 1 aliphatic carbocycles. The number of aliphatic hydroxyl groups is 1. The van der Waals surface area contributed by atoms with E-state index in [2.05, 4.69) is 35.6 Å². The van der Waals surface area contributed by atoms with E-state index in [0.717, 1.165) is 30.5 Å². The monoisotopic (exact) mass is 267 g/mol. The van der Waals surface area contributed by atoms with Gasteiger partial charge in [0.15, 0.2) is 0 Å². The van der Waals surface area contributed by atoms with E-state index in [1.807, 2.05) is 25.1 Å². The number of rotatable bonds is 3. The smallest absolute Gasteiger partial charge is 0.0781 e. The van der Waals surface area contributed by atoms with Crippen molar-refractivity contribution in [2.75, 3.05) is 5.32 Å². The Kier molecular flexibility index (Phi) is 3.75. The highest BCUT2D eigenvalue weighted by atomic mass is 16.3. The Balaban J connectivity index is 1.77. The SMILES string of the molecule is CC(O)c1ccccc1NC1CCc2ccccc2C1. The second-order valence-electron chi connectivity index (χ2n) is 5.62. The van der Waals surface area contributed by atoms with Gasteiger partial charge in [0.2, 0.25) is 0 Å². The van der Waals surface area contributed by atoms with Crippen molar-refractivity contribution in [2.24, 2.45) is 0 Å². The number of para-hydroxylation sites is 1. The summed E-state index contributed by atoms with van der Waals surface area (Å²) < 4.78 is 0. The molecule has 20 heavy (non-hydrogen) atoms. The molecule has 0 spiro atoms. The van der Waals surface area contributed by atoms with E-state index in [4.69, 9.17) is 0 Å². The third-order valence-electron chi connectivity index (χ3n) is 4.12. The maximum atomic E-state index is 9.85. The van der Waals surface area contributed by atoms with Crippen LogP contribution in [0.5, 0.6) is 0 Å². The number of nitrogens with one attached hydrogen (secondary N) is 1. The van der Waals surface area contributed by atoms with Crippen molar-refractivity contribution in [3.05, 3.63) is 65.2 Å². The maximum absolute atomic E-state index is 9.85. The molecule has 0 amide bonds. The summed E-state index contributed by atoms with van der Waals surface area (Å²) in [6.07, 6.45) is 2.90. The van der Waals surface area contributed by atoms with Crippen LogP contribution in [0.3, 0.4) is 0 Å². The highest BCUT2D eigenvalue weighted by molar-refractivity contribution is 5.53. The standard InChI is InChI=1S/C18H21NO/c1-13(20)17-8-4-5-9-18(17)19-16-11-10-14-6-2-3-7-15(14)12-16/h2-9,13,16,19-20H,10-12H2,1H3. The van der Waals surface area contributed by atoms with Gasteiger partial charge < -0.3 is 10.4 Å². The van der Waals surface area contributed by atoms with Crippen LogP contribution in [0.4, 0.5) is 5.69 Å². The van der Waals surface area contributed by atoms with Gasteiger partial charge in [0.05, 0.1) is 6.10 Å². The molecule has 0 fully saturated rings. The van der Waals surface area contributed by atoms with E-state index in [1.165, 1.54) is 11.1 Å². The summed E-state index contributed by atoms with van der Waals surface area (Å²) in [5.41, 5.74) is 4.97. The summed E-state index contributed by atoms with van der Waals surface area (Å²) in [5, 5.41) is 13.5. The van der Waals surface area contributed by atoms with Crippen molar-refractivity contribution < 1.29 is 5.11 Å². The van der Waals surface area contributed by atoms with Gasteiger partial charge in [-0.25, -0.2) is 0 Å². The topological polar surface area (TPSA) is 32.3 Å². The lowest BCUT2D eigenvalue weighted by molar-refractivity contribution is 0.200. The molecule has 0 saturated heterocycles. The Morgan fingerprint density at radius 3 is 2.55 bits per heavy atom. The number of hydrogen-bond acceptors (Lipinski definition) is 2. The molecule has 2 nitrogen and oxygen atoms in total. The van der Waals surface area contributed by atoms with Crippen molar-refractivity contribution in [3.8, 4) is 0 Å². The van der Waals surface area contributed by atoms with Gasteiger partial charge >= 0.3 is 0 Å². The largest absolute Gasteiger partial charge is 0.389 e. The average molecular weight is 267 g/mol. The summed E-state index contributed by atoms with van der Waals surface area (Å²) in [5.74, 6) is 0. The summed E-state index contributed by atoms with van der Waals surface area (Å²) in [7, 11) is 0. The Labute approximate surface area is 120 Å². The summed E-state index contributed by atoms with van der Waals surface area (Å²) in [6, 6.07) is 17.2. The molecule has 3 rings (SSSR count). The molecule has 2 atom stereocenters. The van der Waals surface area contributed by atoms with Gasteiger partial charge in [0, 0.05) is 17.3 Å². The van der Waals surface area contributed by atoms with Crippen LogP contribution >= 0.6 is 0 Å². The lowest BCUT2D eigenvalue weighted by atomic mass is 9.88. The molecule has 104 valence electrons. The van der Waals surface area contributed by atoms with Crippen LogP contribution in [-0.2, 0) is 12.8 Å². The van der Waals surface area contributed by atoms with Crippen LogP contribution in [0.15, 0.2) is 48.5 Å². The van der Waals surface area contributed by atoms with Crippen LogP contribution < -0.4 is 5.32 Å². The fraction of sp³-hybridized carbons (Fsp3) is 0.333. The molecule has 2 N–H and O–H groups in total. The van der Waals surface area contributed by atoms with Crippen molar-refractivity contribution in [2.45, 2.75) is 38.3 Å². The Bertz CT molecular complexity index is 591. The zero-order chi connectivity index (χ0) is 13.9. The highest BCUT2D eigenvalue weighted by Gasteiger charge is 2.19. The number of aryl methyl sites for hydroxylation is 1. The normalized spacial score (nSPS) is 19.2. The first-order chi connectivity index (χ1) is 9.74. The zero-order valence-corrected chi connectivity index (χ0v) is 11.8. The molecule has 1 aliphatic rings. The second-order valence-corrected chi connectivity index (χ2v) is 5.62. The summed E-state index contributed by atoms with van der Waals surface area (Å²) >= 11 is 0. The minimum absolute atomic E-state index is 0.436. The van der Waals surface area contributed by atoms with Gasteiger partial charge in [-0.1, -0.05) is 42.5 Å². The zero-order valence-electron chi connectivity index (χ0n) is 11.8. The summed E-state index contributed by atoms with van der Waals surface area (Å²) in [4.78, 5) is 0. The number of benzene rings is 2. The first-order valence-corrected chi connectivity index (χ1v) is 7.34. The molecule has 2 aromatic rings. The van der Waals surface area contributed by atoms with Gasteiger partial charge in [0.25, 0.3) is 0 Å². The van der Waals surface area contributed by atoms with E-state index < -0.39 is 6.10 Å². The maximum Gasteiger partial charge on any atom is 0.0781 e. The van der Waals surface area contributed by atoms with E-state index in [-0.39, 0.29) is 0 Å². The molecule has 0 aliphatic heterocycles. The van der Waals surface area contributed by atoms with Crippen molar-refractivity contribution in [1.29, 1.82) is 0 Å². The molecular weight excluding hydrogens is 246 g/mol. The van der Waals surface area contributed by atoms with Crippen molar-refractivity contribution in [1.82, 2.24) is 0 Å². The van der Waals surface area contributed by atoms with Crippen molar-refractivity contribution >= 4 is 5.69 Å². The number of anilines is 1. The minimum Gasteiger partial charge on any atom is -0.389 e. The first-order valence-electron chi connectivity index (χ1n) is 7.34. The molecule has 2 aromatic carbocycles. The molecule has 2 unspecified atom stereocenters. The van der Waals surface area contributed by atoms with Crippen LogP contribution in [0.2, 0.25) is 0 Å². The second kappa shape index (κ2) is 5.68. The summed E-state index contributed by atoms with van der Waals surface area (Å²) in [6.45, 7) is 1.82. The van der Waals surface area contributed by atoms with Gasteiger partial charge in [-0.15, -0.1) is 0 Å². The van der Waals surface area contributed by atoms with Crippen LogP contribution in [-0.4, -0.2) is 11.1 Å². The number of hydrogen-bond donors (Lipinski definition) is 2. The van der Waals surface area contributed by atoms with E-state index in [1.54, 1.807) is 0 Å². The van der Waals surface area contributed by atoms with Crippen molar-refractivity contribution in [3.63, 3.8) is 0 Å². The molecule has 0 heterocycles. The predicted molar refractivity (Wildman–Crippen MR) is 83.0 cm³/mol. The quantitative estimate of drug-likeness (QED) is 0.888. The molecule has 0 saturated carbocycles. The van der Waals surface area contributed by atoms with Crippen LogP contribution in [0, 0.1) is 0 Å². The minimum atomic E-state index is -0.436.